The first-order valence-corrected chi connectivity index (χ1v) is 7.05. The van der Waals surface area contributed by atoms with Crippen LogP contribution in [-0.4, -0.2) is 15.0 Å². The molecule has 3 aromatic rings. The van der Waals surface area contributed by atoms with Crippen molar-refractivity contribution in [1.82, 2.24) is 15.0 Å². The topological polar surface area (TPSA) is 70.5 Å². The van der Waals surface area contributed by atoms with E-state index in [2.05, 4.69) is 55.3 Å². The number of fused-ring (bicyclic) bond motifs is 1. The van der Waals surface area contributed by atoms with Gasteiger partial charge in [0, 0.05) is 22.8 Å². The molecule has 0 spiro atoms. The summed E-state index contributed by atoms with van der Waals surface area (Å²) in [5.74, 6) is 0.820. The number of nitrogens with zero attached hydrogens (tertiary/aromatic N) is 1. The summed E-state index contributed by atoms with van der Waals surface area (Å²) >= 11 is 3.47. The average molecular weight is 319 g/mol. The Morgan fingerprint density at radius 3 is 2.84 bits per heavy atom. The van der Waals surface area contributed by atoms with Gasteiger partial charge < -0.3 is 15.7 Å². The minimum atomic E-state index is 0.436. The fraction of sp³-hybridized carbons (Fsp3) is 0.214. The van der Waals surface area contributed by atoms with Gasteiger partial charge in [-0.1, -0.05) is 18.2 Å². The van der Waals surface area contributed by atoms with Crippen LogP contribution in [0.25, 0.3) is 10.9 Å². The molecule has 0 aliphatic carbocycles. The number of halogens is 1. The summed E-state index contributed by atoms with van der Waals surface area (Å²) in [5.41, 5.74) is 9.19. The molecule has 2 heterocycles. The van der Waals surface area contributed by atoms with Crippen LogP contribution in [0.3, 0.4) is 0 Å². The Morgan fingerprint density at radius 2 is 2.05 bits per heavy atom. The molecule has 0 atom stereocenters. The summed E-state index contributed by atoms with van der Waals surface area (Å²) in [6.07, 6.45) is 3.96. The molecule has 4 nitrogen and oxygen atoms in total. The van der Waals surface area contributed by atoms with Gasteiger partial charge in [0.2, 0.25) is 0 Å². The van der Waals surface area contributed by atoms with Crippen LogP contribution in [0.15, 0.2) is 35.1 Å². The number of H-pyrrole nitrogens is 2. The first-order valence-electron chi connectivity index (χ1n) is 6.26. The van der Waals surface area contributed by atoms with Gasteiger partial charge in [0.15, 0.2) is 0 Å². The number of imidazole rings is 1. The Kier molecular flexibility index (Phi) is 3.40. The normalized spacial score (nSPS) is 11.3. The smallest absolute Gasteiger partial charge is 0.127 e. The molecule has 0 saturated carbocycles. The average Bonchev–Trinajstić information content (AvgIpc) is 3.00. The molecule has 1 aromatic carbocycles. The molecule has 0 saturated heterocycles. The predicted molar refractivity (Wildman–Crippen MR) is 79.9 cm³/mol. The Hall–Kier alpha value is -1.59. The fourth-order valence-electron chi connectivity index (χ4n) is 2.30. The monoisotopic (exact) mass is 318 g/mol. The summed E-state index contributed by atoms with van der Waals surface area (Å²) in [6, 6.07) is 8.35. The molecule has 4 N–H and O–H groups in total. The first-order chi connectivity index (χ1) is 9.28. The van der Waals surface area contributed by atoms with E-state index >= 15 is 0 Å². The predicted octanol–water partition coefficient (Wildman–Crippen LogP) is 2.90. The van der Waals surface area contributed by atoms with Gasteiger partial charge in [-0.05, 0) is 40.4 Å². The van der Waals surface area contributed by atoms with Crippen molar-refractivity contribution >= 4 is 26.8 Å². The van der Waals surface area contributed by atoms with Gasteiger partial charge in [0.1, 0.15) is 10.4 Å². The molecule has 0 unspecified atom stereocenters. The van der Waals surface area contributed by atoms with E-state index in [1.165, 1.54) is 16.5 Å². The lowest BCUT2D eigenvalue weighted by atomic mass is 10.1. The van der Waals surface area contributed by atoms with Gasteiger partial charge in [-0.3, -0.25) is 0 Å². The molecule has 98 valence electrons. The highest BCUT2D eigenvalue weighted by molar-refractivity contribution is 9.10. The maximum Gasteiger partial charge on any atom is 0.127 e. The number of nitrogens with two attached hydrogens (primary N) is 1. The minimum absolute atomic E-state index is 0.436. The molecule has 19 heavy (non-hydrogen) atoms. The second-order valence-electron chi connectivity index (χ2n) is 4.52. The van der Waals surface area contributed by atoms with Crippen LogP contribution in [0.5, 0.6) is 0 Å². The Morgan fingerprint density at radius 1 is 1.21 bits per heavy atom. The molecular formula is C14H15BrN4. The largest absolute Gasteiger partial charge is 0.361 e. The number of rotatable bonds is 4. The second-order valence-corrected chi connectivity index (χ2v) is 5.27. The third kappa shape index (κ3) is 2.43. The summed E-state index contributed by atoms with van der Waals surface area (Å²) in [6.45, 7) is 0.436. The third-order valence-electron chi connectivity index (χ3n) is 3.29. The van der Waals surface area contributed by atoms with E-state index in [0.717, 1.165) is 29.0 Å². The molecule has 2 aromatic heterocycles. The molecule has 5 heteroatoms. The van der Waals surface area contributed by atoms with Gasteiger partial charge in [-0.25, -0.2) is 4.98 Å². The molecule has 0 amide bonds. The third-order valence-corrected chi connectivity index (χ3v) is 3.95. The second kappa shape index (κ2) is 5.19. The number of aromatic nitrogens is 3. The summed E-state index contributed by atoms with van der Waals surface area (Å²) in [5, 5.41) is 1.29. The number of benzene rings is 1. The lowest BCUT2D eigenvalue weighted by Gasteiger charge is -1.99. The minimum Gasteiger partial charge on any atom is -0.361 e. The van der Waals surface area contributed by atoms with Crippen LogP contribution < -0.4 is 5.73 Å². The number of hydrogen-bond donors (Lipinski definition) is 3. The van der Waals surface area contributed by atoms with E-state index in [1.54, 1.807) is 0 Å². The lowest BCUT2D eigenvalue weighted by molar-refractivity contribution is 0.897. The Balaban J connectivity index is 1.80. The molecule has 0 fully saturated rings. The van der Waals surface area contributed by atoms with Crippen molar-refractivity contribution in [2.24, 2.45) is 5.73 Å². The van der Waals surface area contributed by atoms with Crippen LogP contribution >= 0.6 is 15.9 Å². The highest BCUT2D eigenvalue weighted by Gasteiger charge is 2.08. The Labute approximate surface area is 119 Å². The number of aromatic amines is 2. The van der Waals surface area contributed by atoms with Crippen molar-refractivity contribution in [3.63, 3.8) is 0 Å². The van der Waals surface area contributed by atoms with Gasteiger partial charge in [0.05, 0.1) is 6.54 Å². The molecule has 0 bridgehead atoms. The number of hydrogen-bond acceptors (Lipinski definition) is 2. The first kappa shape index (κ1) is 12.4. The highest BCUT2D eigenvalue weighted by atomic mass is 79.9. The zero-order chi connectivity index (χ0) is 13.2. The van der Waals surface area contributed by atoms with E-state index in [-0.39, 0.29) is 0 Å². The molecule has 0 radical (unpaired) electrons. The summed E-state index contributed by atoms with van der Waals surface area (Å²) in [7, 11) is 0. The van der Waals surface area contributed by atoms with E-state index in [4.69, 9.17) is 5.73 Å². The highest BCUT2D eigenvalue weighted by Crippen LogP contribution is 2.21. The maximum atomic E-state index is 5.58. The van der Waals surface area contributed by atoms with Crippen LogP contribution in [0, 0.1) is 0 Å². The zero-order valence-electron chi connectivity index (χ0n) is 10.4. The molecule has 3 rings (SSSR count). The SMILES string of the molecule is NCc1nc(Br)c(CCc2c[nH]c3ccccc23)[nH]1. The van der Waals surface area contributed by atoms with Gasteiger partial charge in [0.25, 0.3) is 0 Å². The van der Waals surface area contributed by atoms with E-state index in [9.17, 15) is 0 Å². The van der Waals surface area contributed by atoms with Crippen molar-refractivity contribution in [2.45, 2.75) is 19.4 Å². The van der Waals surface area contributed by atoms with Crippen molar-refractivity contribution in [3.05, 3.63) is 52.1 Å². The quantitative estimate of drug-likeness (QED) is 0.692. The number of aryl methyl sites for hydroxylation is 2. The van der Waals surface area contributed by atoms with Crippen molar-refractivity contribution in [2.75, 3.05) is 0 Å². The summed E-state index contributed by atoms with van der Waals surface area (Å²) in [4.78, 5) is 10.9. The standard InChI is InChI=1S/C14H15BrN4/c15-14-12(18-13(7-16)19-14)6-5-9-8-17-11-4-2-1-3-10(9)11/h1-4,8,17H,5-7,16H2,(H,18,19). The van der Waals surface area contributed by atoms with Crippen molar-refractivity contribution in [3.8, 4) is 0 Å². The lowest BCUT2D eigenvalue weighted by Crippen LogP contribution is -1.98. The van der Waals surface area contributed by atoms with Crippen LogP contribution in [0.2, 0.25) is 0 Å². The molecular weight excluding hydrogens is 304 g/mol. The zero-order valence-corrected chi connectivity index (χ0v) is 12.0. The van der Waals surface area contributed by atoms with Gasteiger partial charge in [-0.15, -0.1) is 0 Å². The van der Waals surface area contributed by atoms with Crippen LogP contribution in [0.4, 0.5) is 0 Å². The number of nitrogens with one attached hydrogen (secondary N) is 2. The molecule has 0 aliphatic heterocycles. The van der Waals surface area contributed by atoms with E-state index in [0.29, 0.717) is 6.54 Å². The molecule has 0 aliphatic rings. The van der Waals surface area contributed by atoms with E-state index in [1.807, 2.05) is 6.07 Å². The van der Waals surface area contributed by atoms with E-state index < -0.39 is 0 Å². The van der Waals surface area contributed by atoms with Gasteiger partial charge >= 0.3 is 0 Å². The van der Waals surface area contributed by atoms with Crippen molar-refractivity contribution in [1.29, 1.82) is 0 Å². The maximum absolute atomic E-state index is 5.58. The Bertz CT molecular complexity index is 698. The van der Waals surface area contributed by atoms with Crippen LogP contribution in [0.1, 0.15) is 17.1 Å². The fourth-order valence-corrected chi connectivity index (χ4v) is 2.81. The number of para-hydroxylation sites is 1. The van der Waals surface area contributed by atoms with Gasteiger partial charge in [-0.2, -0.15) is 0 Å². The van der Waals surface area contributed by atoms with Crippen molar-refractivity contribution < 1.29 is 0 Å². The van der Waals surface area contributed by atoms with Crippen LogP contribution in [-0.2, 0) is 19.4 Å². The summed E-state index contributed by atoms with van der Waals surface area (Å²) < 4.78 is 0.868.